The molecule has 6 heteroatoms. The van der Waals surface area contributed by atoms with Crippen molar-refractivity contribution >= 4 is 21.8 Å². The molecule has 1 N–H and O–H groups in total. The first-order valence-electron chi connectivity index (χ1n) is 6.50. The number of hydrogen-bond acceptors (Lipinski definition) is 2. The molecule has 0 atom stereocenters. The monoisotopic (exact) mass is 354 g/mol. The van der Waals surface area contributed by atoms with Crippen LogP contribution in [0, 0.1) is 11.6 Å². The quantitative estimate of drug-likeness (QED) is 0.838. The topological polar surface area (TPSA) is 42.0 Å². The van der Waals surface area contributed by atoms with Gasteiger partial charge in [-0.1, -0.05) is 19.9 Å². The summed E-state index contributed by atoms with van der Waals surface area (Å²) in [7, 11) is 0. The maximum atomic E-state index is 13.7. The number of nitrogens with zero attached hydrogens (tertiary/aromatic N) is 1. The minimum Gasteiger partial charge on any atom is -0.346 e. The van der Waals surface area contributed by atoms with E-state index in [1.807, 2.05) is 13.8 Å². The van der Waals surface area contributed by atoms with Gasteiger partial charge in [0.25, 0.3) is 5.91 Å². The Kier molecular flexibility index (Phi) is 4.67. The fourth-order valence-electron chi connectivity index (χ4n) is 2.05. The average Bonchev–Trinajstić information content (AvgIpc) is 2.83. The first kappa shape index (κ1) is 15.6. The molecule has 2 heterocycles. The summed E-state index contributed by atoms with van der Waals surface area (Å²) in [4.78, 5) is 15.7. The molecule has 0 saturated carbocycles. The standard InChI is InChI=1S/C13H7BrF2N2O.C2H6/c14-6-4-9(12-7(15)2-1-3-8(12)16)18-10-5-17-13(19)11(6)10;1-2/h1-4H,5H2,(H,17,19);1-2H3. The Morgan fingerprint density at radius 1 is 1.19 bits per heavy atom. The van der Waals surface area contributed by atoms with Gasteiger partial charge in [0.2, 0.25) is 0 Å². The molecule has 0 spiro atoms. The fourth-order valence-corrected chi connectivity index (χ4v) is 2.68. The van der Waals surface area contributed by atoms with Gasteiger partial charge >= 0.3 is 0 Å². The lowest BCUT2D eigenvalue weighted by Gasteiger charge is -2.07. The van der Waals surface area contributed by atoms with E-state index in [0.717, 1.165) is 0 Å². The lowest BCUT2D eigenvalue weighted by atomic mass is 10.1. The summed E-state index contributed by atoms with van der Waals surface area (Å²) in [6.07, 6.45) is 0. The van der Waals surface area contributed by atoms with Crippen molar-refractivity contribution in [1.82, 2.24) is 10.3 Å². The number of benzene rings is 1. The Hall–Kier alpha value is -1.82. The third-order valence-electron chi connectivity index (χ3n) is 2.91. The van der Waals surface area contributed by atoms with Crippen molar-refractivity contribution in [2.45, 2.75) is 20.4 Å². The highest BCUT2D eigenvalue weighted by Crippen LogP contribution is 2.31. The van der Waals surface area contributed by atoms with Crippen molar-refractivity contribution in [1.29, 1.82) is 0 Å². The van der Waals surface area contributed by atoms with Crippen LogP contribution in [0.15, 0.2) is 28.7 Å². The number of hydrogen-bond donors (Lipinski definition) is 1. The van der Waals surface area contributed by atoms with Crippen LogP contribution in [0.4, 0.5) is 8.78 Å². The number of aromatic nitrogens is 1. The maximum Gasteiger partial charge on any atom is 0.254 e. The Balaban J connectivity index is 0.000000774. The van der Waals surface area contributed by atoms with Gasteiger partial charge in [-0.05, 0) is 34.1 Å². The van der Waals surface area contributed by atoms with Crippen LogP contribution < -0.4 is 5.32 Å². The molecule has 0 unspecified atom stereocenters. The van der Waals surface area contributed by atoms with Gasteiger partial charge in [-0.15, -0.1) is 0 Å². The van der Waals surface area contributed by atoms with Crippen LogP contribution in [0.2, 0.25) is 0 Å². The van der Waals surface area contributed by atoms with Crippen molar-refractivity contribution in [2.24, 2.45) is 0 Å². The second-order valence-corrected chi connectivity index (χ2v) is 4.94. The van der Waals surface area contributed by atoms with E-state index in [0.29, 0.717) is 15.7 Å². The molecule has 1 aliphatic heterocycles. The third-order valence-corrected chi connectivity index (χ3v) is 3.53. The number of fused-ring (bicyclic) bond motifs is 1. The van der Waals surface area contributed by atoms with Crippen LogP contribution in [0.1, 0.15) is 29.9 Å². The minimum atomic E-state index is -0.684. The van der Waals surface area contributed by atoms with Crippen LogP contribution in [0.25, 0.3) is 11.3 Å². The predicted molar refractivity (Wildman–Crippen MR) is 79.8 cm³/mol. The van der Waals surface area contributed by atoms with E-state index in [9.17, 15) is 13.6 Å². The zero-order chi connectivity index (χ0) is 15.6. The summed E-state index contributed by atoms with van der Waals surface area (Å²) in [5, 5.41) is 2.61. The molecule has 21 heavy (non-hydrogen) atoms. The van der Waals surface area contributed by atoms with Crippen LogP contribution in [0.5, 0.6) is 0 Å². The van der Waals surface area contributed by atoms with Crippen molar-refractivity contribution in [3.05, 3.63) is 51.6 Å². The Morgan fingerprint density at radius 3 is 2.43 bits per heavy atom. The largest absolute Gasteiger partial charge is 0.346 e. The van der Waals surface area contributed by atoms with Crippen LogP contribution in [-0.2, 0) is 6.54 Å². The van der Waals surface area contributed by atoms with Gasteiger partial charge in [-0.3, -0.25) is 4.79 Å². The van der Waals surface area contributed by atoms with Crippen molar-refractivity contribution in [3.63, 3.8) is 0 Å². The summed E-state index contributed by atoms with van der Waals surface area (Å²) in [6.45, 7) is 4.26. The normalized spacial score (nSPS) is 12.3. The van der Waals surface area contributed by atoms with E-state index >= 15 is 0 Å². The number of amides is 1. The maximum absolute atomic E-state index is 13.7. The van der Waals surface area contributed by atoms with E-state index in [-0.39, 0.29) is 23.7 Å². The van der Waals surface area contributed by atoms with Gasteiger partial charge in [-0.25, -0.2) is 13.8 Å². The van der Waals surface area contributed by atoms with Gasteiger partial charge in [0.15, 0.2) is 0 Å². The van der Waals surface area contributed by atoms with Gasteiger partial charge in [0.05, 0.1) is 29.1 Å². The first-order chi connectivity index (χ1) is 10.1. The molecule has 0 bridgehead atoms. The number of carbonyl (C=O) groups excluding carboxylic acids is 1. The molecular formula is C15H13BrF2N2O. The second-order valence-electron chi connectivity index (χ2n) is 4.09. The smallest absolute Gasteiger partial charge is 0.254 e. The Bertz CT molecular complexity index is 684. The zero-order valence-corrected chi connectivity index (χ0v) is 13.1. The molecule has 0 saturated heterocycles. The summed E-state index contributed by atoms with van der Waals surface area (Å²) in [5.41, 5.74) is 0.876. The van der Waals surface area contributed by atoms with Gasteiger partial charge in [-0.2, -0.15) is 0 Å². The first-order valence-corrected chi connectivity index (χ1v) is 7.29. The summed E-state index contributed by atoms with van der Waals surface area (Å²) < 4.78 is 27.9. The van der Waals surface area contributed by atoms with Gasteiger partial charge in [0.1, 0.15) is 11.6 Å². The molecule has 1 aromatic carbocycles. The van der Waals surface area contributed by atoms with E-state index in [2.05, 4.69) is 26.2 Å². The van der Waals surface area contributed by atoms with E-state index in [1.165, 1.54) is 24.3 Å². The number of halogens is 3. The SMILES string of the molecule is CC.O=C1NCc2nc(-c3c(F)cccc3F)cc(Br)c21. The van der Waals surface area contributed by atoms with Crippen molar-refractivity contribution in [2.75, 3.05) is 0 Å². The summed E-state index contributed by atoms with van der Waals surface area (Å²) in [6, 6.07) is 5.09. The van der Waals surface area contributed by atoms with E-state index < -0.39 is 11.6 Å². The molecule has 0 fully saturated rings. The Morgan fingerprint density at radius 2 is 1.81 bits per heavy atom. The highest BCUT2D eigenvalue weighted by Gasteiger charge is 2.25. The second kappa shape index (κ2) is 6.30. The number of rotatable bonds is 1. The highest BCUT2D eigenvalue weighted by atomic mass is 79.9. The molecule has 2 aromatic rings. The lowest BCUT2D eigenvalue weighted by Crippen LogP contribution is -2.12. The average molecular weight is 355 g/mol. The summed E-state index contributed by atoms with van der Waals surface area (Å²) >= 11 is 3.24. The molecule has 110 valence electrons. The number of pyridine rings is 1. The zero-order valence-electron chi connectivity index (χ0n) is 11.5. The molecule has 0 radical (unpaired) electrons. The van der Waals surface area contributed by atoms with Crippen molar-refractivity contribution in [3.8, 4) is 11.3 Å². The summed E-state index contributed by atoms with van der Waals surface area (Å²) in [5.74, 6) is -1.61. The molecule has 1 amide bonds. The fraction of sp³-hybridized carbons (Fsp3) is 0.200. The van der Waals surface area contributed by atoms with Gasteiger partial charge < -0.3 is 5.32 Å². The number of nitrogens with one attached hydrogen (secondary N) is 1. The van der Waals surface area contributed by atoms with Crippen LogP contribution in [-0.4, -0.2) is 10.9 Å². The van der Waals surface area contributed by atoms with Crippen LogP contribution in [0.3, 0.4) is 0 Å². The highest BCUT2D eigenvalue weighted by molar-refractivity contribution is 9.10. The lowest BCUT2D eigenvalue weighted by molar-refractivity contribution is 0.0965. The van der Waals surface area contributed by atoms with E-state index in [1.54, 1.807) is 0 Å². The Labute approximate surface area is 129 Å². The molecular weight excluding hydrogens is 342 g/mol. The third kappa shape index (κ3) is 2.81. The van der Waals surface area contributed by atoms with Crippen molar-refractivity contribution < 1.29 is 13.6 Å². The predicted octanol–water partition coefficient (Wildman–Crippen LogP) is 4.06. The molecule has 1 aromatic heterocycles. The molecule has 3 rings (SSSR count). The minimum absolute atomic E-state index is 0.165. The molecule has 1 aliphatic rings. The molecule has 3 nitrogen and oxygen atoms in total. The van der Waals surface area contributed by atoms with Crippen LogP contribution >= 0.6 is 15.9 Å². The number of carbonyl (C=O) groups is 1. The van der Waals surface area contributed by atoms with Gasteiger partial charge in [0, 0.05) is 4.47 Å². The molecule has 0 aliphatic carbocycles. The van der Waals surface area contributed by atoms with E-state index in [4.69, 9.17) is 0 Å².